The molecule has 104 valence electrons. The maximum atomic E-state index is 12.4. The van der Waals surface area contributed by atoms with Gasteiger partial charge in [-0.2, -0.15) is 0 Å². The van der Waals surface area contributed by atoms with E-state index in [4.69, 9.17) is 0 Å². The average Bonchev–Trinajstić information content (AvgIpc) is 2.39. The summed E-state index contributed by atoms with van der Waals surface area (Å²) in [5, 5.41) is 10.5. The molecule has 1 saturated carbocycles. The summed E-state index contributed by atoms with van der Waals surface area (Å²) in [6.45, 7) is 4.37. The molecule has 0 amide bonds. The van der Waals surface area contributed by atoms with Gasteiger partial charge in [0, 0.05) is 5.56 Å². The Balaban J connectivity index is 2.10. The van der Waals surface area contributed by atoms with Crippen LogP contribution >= 0.6 is 0 Å². The molecule has 0 aromatic heterocycles. The van der Waals surface area contributed by atoms with Gasteiger partial charge in [-0.15, -0.1) is 0 Å². The first-order valence-corrected chi connectivity index (χ1v) is 7.37. The summed E-state index contributed by atoms with van der Waals surface area (Å²) >= 11 is 0. The van der Waals surface area contributed by atoms with Crippen LogP contribution in [0.25, 0.3) is 0 Å². The molecule has 1 aromatic rings. The molecule has 0 heterocycles. The van der Waals surface area contributed by atoms with Crippen LogP contribution in [0, 0.1) is 5.92 Å². The van der Waals surface area contributed by atoms with Crippen molar-refractivity contribution < 1.29 is 9.90 Å². The van der Waals surface area contributed by atoms with Gasteiger partial charge in [-0.1, -0.05) is 57.4 Å². The van der Waals surface area contributed by atoms with Crippen LogP contribution in [0.3, 0.4) is 0 Å². The molecule has 2 rings (SSSR count). The monoisotopic (exact) mass is 260 g/mol. The van der Waals surface area contributed by atoms with Gasteiger partial charge in [-0.25, -0.2) is 0 Å². The highest BCUT2D eigenvalue weighted by Gasteiger charge is 2.37. The Kier molecular flexibility index (Phi) is 4.41. The number of hydrogen-bond donors (Lipinski definition) is 1. The molecular formula is C17H24O2. The number of ketones is 1. The average molecular weight is 260 g/mol. The molecule has 1 aromatic carbocycles. The molecule has 0 aliphatic heterocycles. The third-order valence-corrected chi connectivity index (χ3v) is 3.96. The van der Waals surface area contributed by atoms with Crippen molar-refractivity contribution in [3.8, 4) is 0 Å². The number of benzene rings is 1. The lowest BCUT2D eigenvalue weighted by atomic mass is 9.79. The van der Waals surface area contributed by atoms with Crippen LogP contribution in [0.4, 0.5) is 0 Å². The topological polar surface area (TPSA) is 37.3 Å². The lowest BCUT2D eigenvalue weighted by molar-refractivity contribution is 0.0116. The molecule has 1 fully saturated rings. The van der Waals surface area contributed by atoms with Crippen molar-refractivity contribution in [2.75, 3.05) is 0 Å². The fourth-order valence-electron chi connectivity index (χ4n) is 2.90. The largest absolute Gasteiger partial charge is 0.382 e. The van der Waals surface area contributed by atoms with E-state index >= 15 is 0 Å². The van der Waals surface area contributed by atoms with E-state index in [0.717, 1.165) is 25.7 Å². The standard InChI is InChI=1S/C17H24O2/c1-13(2)12-14-6-8-15(9-7-14)16(18)17(19)10-4-3-5-11-17/h6-9,13,19H,3-5,10-12H2,1-2H3. The Labute approximate surface area is 115 Å². The number of carbonyl (C=O) groups excluding carboxylic acids is 1. The molecule has 1 aliphatic carbocycles. The molecular weight excluding hydrogens is 236 g/mol. The molecule has 1 aliphatic rings. The van der Waals surface area contributed by atoms with Gasteiger partial charge in [-0.3, -0.25) is 4.79 Å². The lowest BCUT2D eigenvalue weighted by Crippen LogP contribution is -2.40. The fraction of sp³-hybridized carbons (Fsp3) is 0.588. The van der Waals surface area contributed by atoms with Gasteiger partial charge in [0.2, 0.25) is 0 Å². The van der Waals surface area contributed by atoms with Gasteiger partial charge >= 0.3 is 0 Å². The van der Waals surface area contributed by atoms with Crippen molar-refractivity contribution in [3.05, 3.63) is 35.4 Å². The van der Waals surface area contributed by atoms with Gasteiger partial charge < -0.3 is 5.11 Å². The van der Waals surface area contributed by atoms with E-state index < -0.39 is 5.60 Å². The van der Waals surface area contributed by atoms with E-state index in [9.17, 15) is 9.90 Å². The molecule has 0 bridgehead atoms. The van der Waals surface area contributed by atoms with Crippen molar-refractivity contribution in [2.45, 2.75) is 58.0 Å². The zero-order chi connectivity index (χ0) is 13.9. The van der Waals surface area contributed by atoms with E-state index in [1.807, 2.05) is 24.3 Å². The number of Topliss-reactive ketones (excluding diaryl/α,β-unsaturated/α-hetero) is 1. The second kappa shape index (κ2) is 5.87. The highest BCUT2D eigenvalue weighted by atomic mass is 16.3. The van der Waals surface area contributed by atoms with Crippen molar-refractivity contribution in [3.63, 3.8) is 0 Å². The third kappa shape index (κ3) is 3.44. The normalized spacial score (nSPS) is 18.5. The molecule has 0 radical (unpaired) electrons. The van der Waals surface area contributed by atoms with Gasteiger partial charge in [-0.05, 0) is 30.7 Å². The Bertz CT molecular complexity index is 425. The van der Waals surface area contributed by atoms with Crippen LogP contribution in [0.5, 0.6) is 0 Å². The first-order chi connectivity index (χ1) is 9.01. The Hall–Kier alpha value is -1.15. The maximum Gasteiger partial charge on any atom is 0.194 e. The van der Waals surface area contributed by atoms with Gasteiger partial charge in [0.1, 0.15) is 5.60 Å². The minimum atomic E-state index is -1.11. The van der Waals surface area contributed by atoms with Crippen LogP contribution in [-0.4, -0.2) is 16.5 Å². The Morgan fingerprint density at radius 2 is 1.74 bits per heavy atom. The smallest absolute Gasteiger partial charge is 0.194 e. The van der Waals surface area contributed by atoms with Crippen molar-refractivity contribution in [1.29, 1.82) is 0 Å². The van der Waals surface area contributed by atoms with Crippen LogP contribution in [0.1, 0.15) is 61.9 Å². The number of carbonyl (C=O) groups is 1. The first-order valence-electron chi connectivity index (χ1n) is 7.37. The van der Waals surface area contributed by atoms with Crippen molar-refractivity contribution >= 4 is 5.78 Å². The van der Waals surface area contributed by atoms with Gasteiger partial charge in [0.05, 0.1) is 0 Å². The molecule has 1 N–H and O–H groups in total. The van der Waals surface area contributed by atoms with E-state index in [0.29, 0.717) is 24.3 Å². The second-order valence-corrected chi connectivity index (χ2v) is 6.22. The van der Waals surface area contributed by atoms with Crippen molar-refractivity contribution in [1.82, 2.24) is 0 Å². The van der Waals surface area contributed by atoms with E-state index in [2.05, 4.69) is 13.8 Å². The SMILES string of the molecule is CC(C)Cc1ccc(C(=O)C2(O)CCCCC2)cc1. The summed E-state index contributed by atoms with van der Waals surface area (Å²) in [4.78, 5) is 12.4. The molecule has 0 atom stereocenters. The van der Waals surface area contributed by atoms with E-state index in [1.54, 1.807) is 0 Å². The molecule has 0 unspecified atom stereocenters. The minimum Gasteiger partial charge on any atom is -0.382 e. The predicted molar refractivity (Wildman–Crippen MR) is 77.3 cm³/mol. The van der Waals surface area contributed by atoms with Crippen LogP contribution in [-0.2, 0) is 6.42 Å². The molecule has 2 heteroatoms. The Morgan fingerprint density at radius 1 is 1.16 bits per heavy atom. The molecule has 0 spiro atoms. The van der Waals surface area contributed by atoms with E-state index in [-0.39, 0.29) is 5.78 Å². The lowest BCUT2D eigenvalue weighted by Gasteiger charge is -2.30. The summed E-state index contributed by atoms with van der Waals surface area (Å²) < 4.78 is 0. The second-order valence-electron chi connectivity index (χ2n) is 6.22. The molecule has 2 nitrogen and oxygen atoms in total. The molecule has 19 heavy (non-hydrogen) atoms. The first kappa shape index (κ1) is 14.3. The summed E-state index contributed by atoms with van der Waals surface area (Å²) in [7, 11) is 0. The predicted octanol–water partition coefficient (Wildman–Crippen LogP) is 3.76. The number of aliphatic hydroxyl groups is 1. The van der Waals surface area contributed by atoms with E-state index in [1.165, 1.54) is 5.56 Å². The quantitative estimate of drug-likeness (QED) is 0.837. The third-order valence-electron chi connectivity index (χ3n) is 3.96. The van der Waals surface area contributed by atoms with Crippen LogP contribution in [0.15, 0.2) is 24.3 Å². The van der Waals surface area contributed by atoms with Crippen LogP contribution < -0.4 is 0 Å². The zero-order valence-electron chi connectivity index (χ0n) is 12.0. The maximum absolute atomic E-state index is 12.4. The number of hydrogen-bond acceptors (Lipinski definition) is 2. The fourth-order valence-corrected chi connectivity index (χ4v) is 2.90. The zero-order valence-corrected chi connectivity index (χ0v) is 12.0. The summed E-state index contributed by atoms with van der Waals surface area (Å²) in [5.41, 5.74) is 0.789. The van der Waals surface area contributed by atoms with Crippen LogP contribution in [0.2, 0.25) is 0 Å². The minimum absolute atomic E-state index is 0.0942. The van der Waals surface area contributed by atoms with Gasteiger partial charge in [0.25, 0.3) is 0 Å². The molecule has 0 saturated heterocycles. The van der Waals surface area contributed by atoms with Crippen molar-refractivity contribution in [2.24, 2.45) is 5.92 Å². The summed E-state index contributed by atoms with van der Waals surface area (Å²) in [5.74, 6) is 0.521. The highest BCUT2D eigenvalue weighted by molar-refractivity contribution is 6.02. The van der Waals surface area contributed by atoms with Gasteiger partial charge in [0.15, 0.2) is 5.78 Å². The highest BCUT2D eigenvalue weighted by Crippen LogP contribution is 2.31. The number of rotatable bonds is 4. The Morgan fingerprint density at radius 3 is 2.26 bits per heavy atom. The summed E-state index contributed by atoms with van der Waals surface area (Å²) in [6, 6.07) is 7.76. The summed E-state index contributed by atoms with van der Waals surface area (Å²) in [6.07, 6.45) is 5.28.